The summed E-state index contributed by atoms with van der Waals surface area (Å²) in [6.45, 7) is 1.87. The van der Waals surface area contributed by atoms with Crippen LogP contribution in [0.1, 0.15) is 81.8 Å². The van der Waals surface area contributed by atoms with E-state index in [1.165, 1.54) is 0 Å². The second-order valence-corrected chi connectivity index (χ2v) is 9.63. The predicted molar refractivity (Wildman–Crippen MR) is 150 cm³/mol. The molecule has 1 fully saturated rings. The molecule has 0 aliphatic heterocycles. The molecule has 37 heavy (non-hydrogen) atoms. The van der Waals surface area contributed by atoms with Crippen LogP contribution >= 0.6 is 0 Å². The van der Waals surface area contributed by atoms with E-state index >= 15 is 0 Å². The summed E-state index contributed by atoms with van der Waals surface area (Å²) in [5, 5.41) is 17.7. The van der Waals surface area contributed by atoms with Crippen LogP contribution in [0.15, 0.2) is 59.7 Å². The van der Waals surface area contributed by atoms with Gasteiger partial charge in [-0.1, -0.05) is 37.1 Å². The minimum atomic E-state index is 0.137. The van der Waals surface area contributed by atoms with Crippen LogP contribution in [0.2, 0.25) is 0 Å². The van der Waals surface area contributed by atoms with Gasteiger partial charge < -0.3 is 19.7 Å². The zero-order valence-electron chi connectivity index (χ0n) is 22.0. The van der Waals surface area contributed by atoms with E-state index in [9.17, 15) is 4.79 Å². The number of hydrogen-bond donors (Lipinski definition) is 2. The Labute approximate surface area is 221 Å². The molecule has 0 aromatic heterocycles. The molecule has 0 spiro atoms. The summed E-state index contributed by atoms with van der Waals surface area (Å²) < 4.78 is 11.6. The van der Waals surface area contributed by atoms with Gasteiger partial charge in [0.25, 0.3) is 0 Å². The van der Waals surface area contributed by atoms with E-state index in [-0.39, 0.29) is 19.0 Å². The molecule has 5 heteroatoms. The number of carbonyl (C=O) groups is 1. The molecule has 1 saturated carbocycles. The Morgan fingerprint density at radius 3 is 1.41 bits per heavy atom. The number of Topliss-reactive ketones (excluding diaryl/α,β-unsaturated/α-hetero) is 1. The lowest BCUT2D eigenvalue weighted by atomic mass is 9.87. The highest BCUT2D eigenvalue weighted by atomic mass is 16.5. The van der Waals surface area contributed by atoms with Gasteiger partial charge in [-0.05, 0) is 105 Å². The largest absolute Gasteiger partial charge is 0.494 e. The molecule has 5 nitrogen and oxygen atoms in total. The third-order valence-electron chi connectivity index (χ3n) is 6.56. The number of hydrogen-bond acceptors (Lipinski definition) is 5. The Balaban J connectivity index is 1.50. The molecule has 2 aromatic carbocycles. The molecule has 0 radical (unpaired) electrons. The first kappa shape index (κ1) is 28.7. The fourth-order valence-electron chi connectivity index (χ4n) is 4.42. The second kappa shape index (κ2) is 16.8. The van der Waals surface area contributed by atoms with Crippen LogP contribution in [0.5, 0.6) is 11.5 Å². The highest BCUT2D eigenvalue weighted by molar-refractivity contribution is 6.13. The van der Waals surface area contributed by atoms with Crippen molar-refractivity contribution in [1.29, 1.82) is 0 Å². The van der Waals surface area contributed by atoms with Crippen LogP contribution in [-0.4, -0.2) is 42.4 Å². The molecule has 0 bridgehead atoms. The fourth-order valence-corrected chi connectivity index (χ4v) is 4.42. The van der Waals surface area contributed by atoms with E-state index in [2.05, 4.69) is 0 Å². The minimum absolute atomic E-state index is 0.137. The zero-order chi connectivity index (χ0) is 26.1. The highest BCUT2D eigenvalue weighted by Gasteiger charge is 2.20. The topological polar surface area (TPSA) is 76.0 Å². The van der Waals surface area contributed by atoms with Crippen LogP contribution in [0.3, 0.4) is 0 Å². The van der Waals surface area contributed by atoms with E-state index in [0.29, 0.717) is 13.2 Å². The van der Waals surface area contributed by atoms with Gasteiger partial charge in [0, 0.05) is 24.4 Å². The summed E-state index contributed by atoms with van der Waals surface area (Å²) in [7, 11) is 0. The second-order valence-electron chi connectivity index (χ2n) is 9.63. The van der Waals surface area contributed by atoms with Gasteiger partial charge in [-0.2, -0.15) is 0 Å². The third-order valence-corrected chi connectivity index (χ3v) is 6.56. The van der Waals surface area contributed by atoms with Crippen molar-refractivity contribution in [2.24, 2.45) is 0 Å². The van der Waals surface area contributed by atoms with Gasteiger partial charge in [0.15, 0.2) is 5.78 Å². The summed E-state index contributed by atoms with van der Waals surface area (Å²) in [6.07, 6.45) is 14.4. The quantitative estimate of drug-likeness (QED) is 0.194. The molecule has 2 N–H and O–H groups in total. The maximum atomic E-state index is 13.1. The van der Waals surface area contributed by atoms with Crippen molar-refractivity contribution in [1.82, 2.24) is 0 Å². The first-order valence-electron chi connectivity index (χ1n) is 13.8. The summed E-state index contributed by atoms with van der Waals surface area (Å²) in [4.78, 5) is 13.1. The molecular formula is C32H42O5. The lowest BCUT2D eigenvalue weighted by molar-refractivity contribution is -0.112. The SMILES string of the molecule is O=C1/C(=C/c2ccc(OCCCCCCO)cc2)CCC/C1=C\c1ccc(OCCCCCCO)cc1. The van der Waals surface area contributed by atoms with E-state index in [1.54, 1.807) is 0 Å². The summed E-state index contributed by atoms with van der Waals surface area (Å²) in [5.74, 6) is 1.82. The number of benzene rings is 2. The lowest BCUT2D eigenvalue weighted by Crippen LogP contribution is -2.12. The number of aliphatic hydroxyl groups is 2. The fraction of sp³-hybridized carbons (Fsp3) is 0.469. The van der Waals surface area contributed by atoms with Gasteiger partial charge >= 0.3 is 0 Å². The Kier molecular flexibility index (Phi) is 13.0. The van der Waals surface area contributed by atoms with Gasteiger partial charge in [-0.15, -0.1) is 0 Å². The molecule has 0 amide bonds. The van der Waals surface area contributed by atoms with Gasteiger partial charge in [0.05, 0.1) is 13.2 Å². The van der Waals surface area contributed by atoms with Gasteiger partial charge in [-0.3, -0.25) is 4.79 Å². The van der Waals surface area contributed by atoms with Crippen LogP contribution < -0.4 is 9.47 Å². The molecular weight excluding hydrogens is 464 g/mol. The molecule has 2 aromatic rings. The molecule has 1 aliphatic carbocycles. The zero-order valence-corrected chi connectivity index (χ0v) is 22.0. The number of rotatable bonds is 16. The molecule has 0 saturated heterocycles. The van der Waals surface area contributed by atoms with Gasteiger partial charge in [0.2, 0.25) is 0 Å². The molecule has 200 valence electrons. The summed E-state index contributed by atoms with van der Waals surface area (Å²) >= 11 is 0. The monoisotopic (exact) mass is 506 g/mol. The number of unbranched alkanes of at least 4 members (excludes halogenated alkanes) is 6. The van der Waals surface area contributed by atoms with Crippen LogP contribution in [0, 0.1) is 0 Å². The maximum absolute atomic E-state index is 13.1. The van der Waals surface area contributed by atoms with Crippen molar-refractivity contribution >= 4 is 17.9 Å². The molecule has 0 heterocycles. The van der Waals surface area contributed by atoms with Crippen molar-refractivity contribution in [2.45, 2.75) is 70.6 Å². The number of aliphatic hydroxyl groups excluding tert-OH is 2. The summed E-state index contributed by atoms with van der Waals surface area (Å²) in [5.41, 5.74) is 3.74. The molecule has 3 rings (SSSR count). The van der Waals surface area contributed by atoms with Crippen LogP contribution in [0.4, 0.5) is 0 Å². The first-order chi connectivity index (χ1) is 18.2. The minimum Gasteiger partial charge on any atom is -0.494 e. The normalized spacial score (nSPS) is 15.9. The molecule has 0 atom stereocenters. The van der Waals surface area contributed by atoms with Crippen LogP contribution in [-0.2, 0) is 4.79 Å². The van der Waals surface area contributed by atoms with E-state index < -0.39 is 0 Å². The number of ether oxygens (including phenoxy) is 2. The van der Waals surface area contributed by atoms with Crippen molar-refractivity contribution in [3.8, 4) is 11.5 Å². The van der Waals surface area contributed by atoms with Crippen molar-refractivity contribution in [3.63, 3.8) is 0 Å². The maximum Gasteiger partial charge on any atom is 0.185 e. The molecule has 0 unspecified atom stereocenters. The number of carbonyl (C=O) groups excluding carboxylic acids is 1. The van der Waals surface area contributed by atoms with Crippen molar-refractivity contribution in [3.05, 3.63) is 70.8 Å². The standard InChI is InChI=1S/C32H42O5/c33-20-5-1-3-7-22-36-30-16-12-26(13-17-30)24-28-10-9-11-29(32(28)35)25-27-14-18-31(19-15-27)37-23-8-4-2-6-21-34/h12-19,24-25,33-34H,1-11,20-23H2/b28-24+,29-25+. The Morgan fingerprint density at radius 2 is 1.00 bits per heavy atom. The highest BCUT2D eigenvalue weighted by Crippen LogP contribution is 2.29. The van der Waals surface area contributed by atoms with E-state index in [0.717, 1.165) is 104 Å². The third kappa shape index (κ3) is 10.6. The van der Waals surface area contributed by atoms with E-state index in [4.69, 9.17) is 19.7 Å². The average Bonchev–Trinajstić information content (AvgIpc) is 2.92. The predicted octanol–water partition coefficient (Wildman–Crippen LogP) is 6.77. The Bertz CT molecular complexity index is 909. The van der Waals surface area contributed by atoms with Crippen molar-refractivity contribution in [2.75, 3.05) is 26.4 Å². The average molecular weight is 507 g/mol. The Morgan fingerprint density at radius 1 is 0.595 bits per heavy atom. The van der Waals surface area contributed by atoms with Gasteiger partial charge in [0.1, 0.15) is 11.5 Å². The Hall–Kier alpha value is -2.89. The lowest BCUT2D eigenvalue weighted by Gasteiger charge is -2.17. The summed E-state index contributed by atoms with van der Waals surface area (Å²) in [6, 6.07) is 15.9. The van der Waals surface area contributed by atoms with E-state index in [1.807, 2.05) is 60.7 Å². The number of ketones is 1. The van der Waals surface area contributed by atoms with Crippen molar-refractivity contribution < 1.29 is 24.5 Å². The number of allylic oxidation sites excluding steroid dienone is 2. The smallest absolute Gasteiger partial charge is 0.185 e. The first-order valence-corrected chi connectivity index (χ1v) is 13.8. The molecule has 1 aliphatic rings. The van der Waals surface area contributed by atoms with Gasteiger partial charge in [-0.25, -0.2) is 0 Å². The van der Waals surface area contributed by atoms with Crippen LogP contribution in [0.25, 0.3) is 12.2 Å².